The maximum absolute atomic E-state index is 11.5. The summed E-state index contributed by atoms with van der Waals surface area (Å²) in [4.78, 5) is 23.1. The number of amides is 1. The first-order chi connectivity index (χ1) is 7.99. The van der Waals surface area contributed by atoms with Crippen molar-refractivity contribution in [1.29, 1.82) is 0 Å². The number of carboxylic acid groups (broad SMARTS) is 1. The largest absolute Gasteiger partial charge is 0.481 e. The summed E-state index contributed by atoms with van der Waals surface area (Å²) in [6.07, 6.45) is -0.681. The van der Waals surface area contributed by atoms with Gasteiger partial charge in [-0.1, -0.05) is 15.9 Å². The minimum Gasteiger partial charge on any atom is -0.481 e. The van der Waals surface area contributed by atoms with Gasteiger partial charge in [-0.15, -0.1) is 0 Å². The number of benzene rings is 1. The molecule has 0 fully saturated rings. The molecule has 0 saturated heterocycles. The first-order valence-corrected chi connectivity index (χ1v) is 5.68. The van der Waals surface area contributed by atoms with Crippen LogP contribution in [0.25, 0.3) is 0 Å². The number of hydrogen-bond acceptors (Lipinski definition) is 3. The van der Waals surface area contributed by atoms with Crippen LogP contribution in [0.15, 0.2) is 28.7 Å². The summed E-state index contributed by atoms with van der Waals surface area (Å²) in [6.45, 7) is 0.116. The van der Waals surface area contributed by atoms with Gasteiger partial charge in [0, 0.05) is 18.1 Å². The van der Waals surface area contributed by atoms with Gasteiger partial charge in [-0.05, 0) is 24.3 Å². The zero-order valence-electron chi connectivity index (χ0n) is 9.22. The molecule has 0 aliphatic heterocycles. The van der Waals surface area contributed by atoms with Crippen molar-refractivity contribution < 1.29 is 19.4 Å². The molecule has 0 saturated carbocycles. The lowest BCUT2D eigenvalue weighted by atomic mass is 10.3. The molecule has 0 atom stereocenters. The second-order valence-electron chi connectivity index (χ2n) is 3.39. The van der Waals surface area contributed by atoms with Gasteiger partial charge in [0.05, 0.1) is 6.42 Å². The van der Waals surface area contributed by atoms with E-state index in [1.54, 1.807) is 24.3 Å². The number of rotatable bonds is 4. The minimum absolute atomic E-state index is 0.105. The molecule has 1 rings (SSSR count). The van der Waals surface area contributed by atoms with Gasteiger partial charge in [-0.3, -0.25) is 4.79 Å². The normalized spacial score (nSPS) is 9.76. The second kappa shape index (κ2) is 6.24. The summed E-state index contributed by atoms with van der Waals surface area (Å²) < 4.78 is 5.92. The fourth-order valence-electron chi connectivity index (χ4n) is 1.04. The highest BCUT2D eigenvalue weighted by molar-refractivity contribution is 9.10. The number of aliphatic carboxylic acids is 1. The average molecular weight is 302 g/mol. The Hall–Kier alpha value is -1.56. The van der Waals surface area contributed by atoms with Gasteiger partial charge >= 0.3 is 12.1 Å². The van der Waals surface area contributed by atoms with Gasteiger partial charge in [0.2, 0.25) is 0 Å². The predicted molar refractivity (Wildman–Crippen MR) is 65.0 cm³/mol. The van der Waals surface area contributed by atoms with Crippen LogP contribution in [-0.4, -0.2) is 35.7 Å². The number of hydrogen-bond donors (Lipinski definition) is 1. The van der Waals surface area contributed by atoms with Crippen LogP contribution in [-0.2, 0) is 4.79 Å². The van der Waals surface area contributed by atoms with Crippen molar-refractivity contribution in [2.24, 2.45) is 0 Å². The van der Waals surface area contributed by atoms with E-state index in [1.807, 2.05) is 0 Å². The average Bonchev–Trinajstić information content (AvgIpc) is 2.28. The second-order valence-corrected chi connectivity index (χ2v) is 4.30. The van der Waals surface area contributed by atoms with Crippen LogP contribution >= 0.6 is 15.9 Å². The first-order valence-electron chi connectivity index (χ1n) is 4.89. The maximum Gasteiger partial charge on any atom is 0.414 e. The Bertz CT molecular complexity index is 404. The summed E-state index contributed by atoms with van der Waals surface area (Å²) in [5.74, 6) is -0.534. The van der Waals surface area contributed by atoms with Crippen LogP contribution in [0.3, 0.4) is 0 Å². The molecule has 1 aromatic carbocycles. The Kier molecular flexibility index (Phi) is 4.96. The van der Waals surface area contributed by atoms with E-state index in [2.05, 4.69) is 15.9 Å². The van der Waals surface area contributed by atoms with Gasteiger partial charge in [-0.25, -0.2) is 4.79 Å². The predicted octanol–water partition coefficient (Wildman–Crippen LogP) is 2.35. The summed E-state index contributed by atoms with van der Waals surface area (Å²) in [5, 5.41) is 8.48. The highest BCUT2D eigenvalue weighted by Gasteiger charge is 2.12. The van der Waals surface area contributed by atoms with Crippen LogP contribution in [0, 0.1) is 0 Å². The van der Waals surface area contributed by atoms with Crippen LogP contribution in [0.2, 0.25) is 0 Å². The molecule has 5 nitrogen and oxygen atoms in total. The Labute approximate surface area is 107 Å². The van der Waals surface area contributed by atoms with Crippen molar-refractivity contribution in [3.63, 3.8) is 0 Å². The van der Waals surface area contributed by atoms with Crippen LogP contribution in [0.4, 0.5) is 4.79 Å². The molecule has 0 aliphatic rings. The van der Waals surface area contributed by atoms with Gasteiger partial charge in [0.15, 0.2) is 0 Å². The number of halogens is 1. The molecule has 92 valence electrons. The fourth-order valence-corrected chi connectivity index (χ4v) is 1.30. The van der Waals surface area contributed by atoms with E-state index in [9.17, 15) is 9.59 Å². The van der Waals surface area contributed by atoms with E-state index in [0.717, 1.165) is 4.47 Å². The van der Waals surface area contributed by atoms with Crippen LogP contribution in [0.5, 0.6) is 5.75 Å². The molecule has 0 radical (unpaired) electrons. The van der Waals surface area contributed by atoms with Gasteiger partial charge in [0.25, 0.3) is 0 Å². The Morgan fingerprint density at radius 2 is 1.94 bits per heavy atom. The third-order valence-electron chi connectivity index (χ3n) is 1.99. The molecule has 0 bridgehead atoms. The summed E-state index contributed by atoms with van der Waals surface area (Å²) in [5.41, 5.74) is 0. The lowest BCUT2D eigenvalue weighted by Gasteiger charge is -2.15. The SMILES string of the molecule is CN(CCC(=O)O)C(=O)Oc1ccc(Br)cc1. The minimum atomic E-state index is -0.951. The molecular weight excluding hydrogens is 290 g/mol. The lowest BCUT2D eigenvalue weighted by Crippen LogP contribution is -2.31. The van der Waals surface area contributed by atoms with Crippen molar-refractivity contribution >= 4 is 28.0 Å². The highest BCUT2D eigenvalue weighted by atomic mass is 79.9. The van der Waals surface area contributed by atoms with Crippen molar-refractivity contribution in [3.8, 4) is 5.75 Å². The molecule has 6 heteroatoms. The van der Waals surface area contributed by atoms with Crippen molar-refractivity contribution in [1.82, 2.24) is 4.90 Å². The van der Waals surface area contributed by atoms with Gasteiger partial charge < -0.3 is 14.7 Å². The molecule has 1 N–H and O–H groups in total. The Balaban J connectivity index is 2.48. The smallest absolute Gasteiger partial charge is 0.414 e. The van der Waals surface area contributed by atoms with E-state index in [-0.39, 0.29) is 13.0 Å². The molecule has 0 aliphatic carbocycles. The number of ether oxygens (including phenoxy) is 1. The van der Waals surface area contributed by atoms with Crippen molar-refractivity contribution in [3.05, 3.63) is 28.7 Å². The number of carbonyl (C=O) groups excluding carboxylic acids is 1. The van der Waals surface area contributed by atoms with E-state index in [4.69, 9.17) is 9.84 Å². The molecular formula is C11H12BrNO4. The van der Waals surface area contributed by atoms with Gasteiger partial charge in [0.1, 0.15) is 5.75 Å². The van der Waals surface area contributed by atoms with Crippen LogP contribution in [0.1, 0.15) is 6.42 Å². The number of nitrogens with zero attached hydrogens (tertiary/aromatic N) is 1. The molecule has 0 heterocycles. The molecule has 0 spiro atoms. The Morgan fingerprint density at radius 3 is 2.47 bits per heavy atom. The summed E-state index contributed by atoms with van der Waals surface area (Å²) in [6, 6.07) is 6.79. The zero-order chi connectivity index (χ0) is 12.8. The summed E-state index contributed by atoms with van der Waals surface area (Å²) in [7, 11) is 1.49. The number of carbonyl (C=O) groups is 2. The third-order valence-corrected chi connectivity index (χ3v) is 2.52. The monoisotopic (exact) mass is 301 g/mol. The fraction of sp³-hybridized carbons (Fsp3) is 0.273. The standard InChI is InChI=1S/C11H12BrNO4/c1-13(7-6-10(14)15)11(16)17-9-4-2-8(12)3-5-9/h2-5H,6-7H2,1H3,(H,14,15). The number of carboxylic acids is 1. The molecule has 17 heavy (non-hydrogen) atoms. The Morgan fingerprint density at radius 1 is 1.35 bits per heavy atom. The van der Waals surface area contributed by atoms with E-state index >= 15 is 0 Å². The zero-order valence-corrected chi connectivity index (χ0v) is 10.8. The third kappa shape index (κ3) is 4.86. The van der Waals surface area contributed by atoms with E-state index in [1.165, 1.54) is 11.9 Å². The molecule has 0 unspecified atom stereocenters. The lowest BCUT2D eigenvalue weighted by molar-refractivity contribution is -0.137. The molecule has 1 aromatic rings. The maximum atomic E-state index is 11.5. The van der Waals surface area contributed by atoms with Crippen LogP contribution < -0.4 is 4.74 Å². The molecule has 1 amide bonds. The first kappa shape index (κ1) is 13.5. The van der Waals surface area contributed by atoms with E-state index < -0.39 is 12.1 Å². The topological polar surface area (TPSA) is 66.8 Å². The van der Waals surface area contributed by atoms with Crippen molar-refractivity contribution in [2.75, 3.05) is 13.6 Å². The van der Waals surface area contributed by atoms with E-state index in [0.29, 0.717) is 5.75 Å². The quantitative estimate of drug-likeness (QED) is 0.927. The highest BCUT2D eigenvalue weighted by Crippen LogP contribution is 2.16. The summed E-state index contributed by atoms with van der Waals surface area (Å²) >= 11 is 3.27. The molecule has 0 aromatic heterocycles. The van der Waals surface area contributed by atoms with Gasteiger partial charge in [-0.2, -0.15) is 0 Å². The van der Waals surface area contributed by atoms with Crippen molar-refractivity contribution in [2.45, 2.75) is 6.42 Å².